The van der Waals surface area contributed by atoms with Crippen LogP contribution in [-0.4, -0.2) is 55.4 Å². The maximum absolute atomic E-state index is 12.7. The van der Waals surface area contributed by atoms with Gasteiger partial charge in [0.1, 0.15) is 5.76 Å². The van der Waals surface area contributed by atoms with Gasteiger partial charge in [0.25, 0.3) is 0 Å². The number of hydrogen-bond acceptors (Lipinski definition) is 6. The summed E-state index contributed by atoms with van der Waals surface area (Å²) >= 11 is 1.75. The average molecular weight is 416 g/mol. The zero-order valence-electron chi connectivity index (χ0n) is 16.7. The highest BCUT2D eigenvalue weighted by molar-refractivity contribution is 7.98. The van der Waals surface area contributed by atoms with Crippen molar-refractivity contribution in [1.29, 1.82) is 0 Å². The van der Waals surface area contributed by atoms with Crippen molar-refractivity contribution >= 4 is 17.7 Å². The van der Waals surface area contributed by atoms with Crippen LogP contribution in [0.25, 0.3) is 0 Å². The molecule has 2 aliphatic heterocycles. The SMILES string of the molecule is O=C(C[C@@H]1CCNC[C@H]1Cc1cc(CSc2ccccc2)on1)N1CCOCC1. The highest BCUT2D eigenvalue weighted by Gasteiger charge is 2.30. The van der Waals surface area contributed by atoms with Crippen LogP contribution in [0.4, 0.5) is 0 Å². The van der Waals surface area contributed by atoms with Crippen LogP contribution >= 0.6 is 11.8 Å². The molecule has 1 aromatic heterocycles. The minimum atomic E-state index is 0.269. The van der Waals surface area contributed by atoms with Gasteiger partial charge in [0, 0.05) is 30.5 Å². The lowest BCUT2D eigenvalue weighted by Gasteiger charge is -2.34. The van der Waals surface area contributed by atoms with Crippen LogP contribution in [0.3, 0.4) is 0 Å². The Hall–Kier alpha value is -1.83. The van der Waals surface area contributed by atoms with Crippen LogP contribution < -0.4 is 5.32 Å². The first-order valence-corrected chi connectivity index (χ1v) is 11.4. The molecule has 0 saturated carbocycles. The van der Waals surface area contributed by atoms with E-state index < -0.39 is 0 Å². The van der Waals surface area contributed by atoms with Crippen molar-refractivity contribution in [3.05, 3.63) is 47.9 Å². The molecule has 2 fully saturated rings. The van der Waals surface area contributed by atoms with E-state index in [2.05, 4.69) is 28.7 Å². The molecular weight excluding hydrogens is 386 g/mol. The number of nitrogens with zero attached hydrogens (tertiary/aromatic N) is 2. The van der Waals surface area contributed by atoms with Crippen LogP contribution in [0.5, 0.6) is 0 Å². The Balaban J connectivity index is 1.31. The van der Waals surface area contributed by atoms with E-state index in [0.717, 1.165) is 56.2 Å². The van der Waals surface area contributed by atoms with Gasteiger partial charge in [-0.15, -0.1) is 11.8 Å². The molecule has 4 rings (SSSR count). The quantitative estimate of drug-likeness (QED) is 0.702. The number of ether oxygens (including phenoxy) is 1. The van der Waals surface area contributed by atoms with Crippen LogP contribution in [0.15, 0.2) is 45.8 Å². The second kappa shape index (κ2) is 10.3. The summed E-state index contributed by atoms with van der Waals surface area (Å²) in [6.45, 7) is 4.67. The standard InChI is InChI=1S/C22H29N3O3S/c26-22(25-8-10-27-11-9-25)13-17-6-7-23-15-18(17)12-19-14-20(28-24-19)16-29-21-4-2-1-3-5-21/h1-5,14,17-18,23H,6-13,15-16H2/t17-,18+/m0/s1. The Morgan fingerprint density at radius 2 is 2.03 bits per heavy atom. The fourth-order valence-electron chi connectivity index (χ4n) is 4.11. The Labute approximate surface area is 176 Å². The van der Waals surface area contributed by atoms with Crippen molar-refractivity contribution in [2.24, 2.45) is 11.8 Å². The molecule has 0 radical (unpaired) electrons. The summed E-state index contributed by atoms with van der Waals surface area (Å²) < 4.78 is 10.9. The van der Waals surface area contributed by atoms with Gasteiger partial charge >= 0.3 is 0 Å². The number of rotatable bonds is 7. The predicted molar refractivity (Wildman–Crippen MR) is 113 cm³/mol. The fraction of sp³-hybridized carbons (Fsp3) is 0.545. The van der Waals surface area contributed by atoms with E-state index >= 15 is 0 Å². The molecule has 7 heteroatoms. The molecular formula is C22H29N3O3S. The van der Waals surface area contributed by atoms with E-state index in [9.17, 15) is 4.79 Å². The summed E-state index contributed by atoms with van der Waals surface area (Å²) in [6.07, 6.45) is 2.52. The molecule has 2 aromatic rings. The highest BCUT2D eigenvalue weighted by Crippen LogP contribution is 2.28. The maximum Gasteiger partial charge on any atom is 0.223 e. The molecule has 2 saturated heterocycles. The van der Waals surface area contributed by atoms with E-state index in [0.29, 0.717) is 31.5 Å². The molecule has 156 valence electrons. The molecule has 0 spiro atoms. The van der Waals surface area contributed by atoms with Gasteiger partial charge < -0.3 is 19.5 Å². The van der Waals surface area contributed by atoms with Crippen molar-refractivity contribution in [1.82, 2.24) is 15.4 Å². The van der Waals surface area contributed by atoms with Crippen molar-refractivity contribution < 1.29 is 14.1 Å². The zero-order chi connectivity index (χ0) is 19.9. The monoisotopic (exact) mass is 415 g/mol. The van der Waals surface area contributed by atoms with Gasteiger partial charge in [-0.3, -0.25) is 4.79 Å². The molecule has 1 aromatic carbocycles. The van der Waals surface area contributed by atoms with E-state index in [1.165, 1.54) is 4.90 Å². The molecule has 0 unspecified atom stereocenters. The van der Waals surface area contributed by atoms with Gasteiger partial charge in [-0.05, 0) is 49.9 Å². The highest BCUT2D eigenvalue weighted by atomic mass is 32.2. The minimum absolute atomic E-state index is 0.269. The molecule has 1 N–H and O–H groups in total. The third kappa shape index (κ3) is 5.84. The van der Waals surface area contributed by atoms with Crippen molar-refractivity contribution in [2.75, 3.05) is 39.4 Å². The minimum Gasteiger partial charge on any atom is -0.378 e. The van der Waals surface area contributed by atoms with Gasteiger partial charge in [0.2, 0.25) is 5.91 Å². The van der Waals surface area contributed by atoms with Crippen molar-refractivity contribution in [3.8, 4) is 0 Å². The third-order valence-corrected chi connectivity index (χ3v) is 6.80. The van der Waals surface area contributed by atoms with Gasteiger partial charge in [-0.2, -0.15) is 0 Å². The Bertz CT molecular complexity index is 777. The first kappa shape index (κ1) is 20.4. The first-order valence-electron chi connectivity index (χ1n) is 10.5. The van der Waals surface area contributed by atoms with Gasteiger partial charge in [-0.1, -0.05) is 23.4 Å². The van der Waals surface area contributed by atoms with Crippen LogP contribution in [0.1, 0.15) is 24.3 Å². The number of carbonyl (C=O) groups is 1. The molecule has 1 amide bonds. The third-order valence-electron chi connectivity index (χ3n) is 5.77. The Morgan fingerprint density at radius 1 is 1.21 bits per heavy atom. The summed E-state index contributed by atoms with van der Waals surface area (Å²) in [5.41, 5.74) is 0.992. The molecule has 2 aliphatic rings. The second-order valence-electron chi connectivity index (χ2n) is 7.80. The summed E-state index contributed by atoms with van der Waals surface area (Å²) in [7, 11) is 0. The van der Waals surface area contributed by atoms with Crippen molar-refractivity contribution in [3.63, 3.8) is 0 Å². The topological polar surface area (TPSA) is 67.6 Å². The normalized spacial score (nSPS) is 22.6. The number of aromatic nitrogens is 1. The van der Waals surface area contributed by atoms with Gasteiger partial charge in [0.15, 0.2) is 0 Å². The number of nitrogens with one attached hydrogen (secondary N) is 1. The van der Waals surface area contributed by atoms with Crippen LogP contribution in [0, 0.1) is 11.8 Å². The Morgan fingerprint density at radius 3 is 2.86 bits per heavy atom. The largest absolute Gasteiger partial charge is 0.378 e. The summed E-state index contributed by atoms with van der Waals surface area (Å²) in [4.78, 5) is 15.9. The molecule has 29 heavy (non-hydrogen) atoms. The summed E-state index contributed by atoms with van der Waals surface area (Å²) in [5.74, 6) is 2.75. The number of hydrogen-bond donors (Lipinski definition) is 1. The molecule has 2 atom stereocenters. The molecule has 3 heterocycles. The van der Waals surface area contributed by atoms with Crippen LogP contribution in [-0.2, 0) is 21.7 Å². The number of morpholine rings is 1. The van der Waals surface area contributed by atoms with E-state index in [1.807, 2.05) is 23.1 Å². The average Bonchev–Trinajstić information content (AvgIpc) is 3.22. The first-order chi connectivity index (χ1) is 14.3. The fourth-order valence-corrected chi connectivity index (χ4v) is 4.91. The number of benzene rings is 1. The second-order valence-corrected chi connectivity index (χ2v) is 8.85. The van der Waals surface area contributed by atoms with Crippen LogP contribution in [0.2, 0.25) is 0 Å². The zero-order valence-corrected chi connectivity index (χ0v) is 17.5. The lowest BCUT2D eigenvalue weighted by atomic mass is 9.81. The Kier molecular flexibility index (Phi) is 7.24. The van der Waals surface area contributed by atoms with Crippen molar-refractivity contribution in [2.45, 2.75) is 29.9 Å². The molecule has 6 nitrogen and oxygen atoms in total. The maximum atomic E-state index is 12.7. The smallest absolute Gasteiger partial charge is 0.223 e. The van der Waals surface area contributed by atoms with E-state index in [-0.39, 0.29) is 5.91 Å². The number of amides is 1. The number of thioether (sulfide) groups is 1. The summed E-state index contributed by atoms with van der Waals surface area (Å²) in [5, 5.41) is 7.78. The summed E-state index contributed by atoms with van der Waals surface area (Å²) in [6, 6.07) is 12.4. The molecule has 0 aliphatic carbocycles. The van der Waals surface area contributed by atoms with Gasteiger partial charge in [0.05, 0.1) is 24.7 Å². The molecule has 0 bridgehead atoms. The number of piperidine rings is 1. The van der Waals surface area contributed by atoms with E-state index in [1.54, 1.807) is 11.8 Å². The van der Waals surface area contributed by atoms with E-state index in [4.69, 9.17) is 9.26 Å². The number of carbonyl (C=O) groups excluding carboxylic acids is 1. The lowest BCUT2D eigenvalue weighted by Crippen LogP contribution is -2.44. The van der Waals surface area contributed by atoms with Gasteiger partial charge in [-0.25, -0.2) is 0 Å². The predicted octanol–water partition coefficient (Wildman–Crippen LogP) is 2.98. The lowest BCUT2D eigenvalue weighted by molar-refractivity contribution is -0.136.